The Bertz CT molecular complexity index is 775. The van der Waals surface area contributed by atoms with Crippen molar-refractivity contribution < 1.29 is 14.3 Å². The summed E-state index contributed by atoms with van der Waals surface area (Å²) in [6.07, 6.45) is 3.14. The molecule has 2 fully saturated rings. The zero-order valence-corrected chi connectivity index (χ0v) is 18.2. The minimum absolute atomic E-state index is 0.0215. The van der Waals surface area contributed by atoms with Gasteiger partial charge in [0.05, 0.1) is 0 Å². The molecule has 0 radical (unpaired) electrons. The van der Waals surface area contributed by atoms with E-state index in [-0.39, 0.29) is 23.3 Å². The second kappa shape index (κ2) is 8.56. The first-order valence-electron chi connectivity index (χ1n) is 10.6. The van der Waals surface area contributed by atoms with Gasteiger partial charge in [-0.2, -0.15) is 0 Å². The summed E-state index contributed by atoms with van der Waals surface area (Å²) in [5.74, 6) is 2.34. The molecular formula is C22H31N3O3S. The number of thioether (sulfide) groups is 1. The van der Waals surface area contributed by atoms with Crippen LogP contribution in [0.15, 0.2) is 18.2 Å². The van der Waals surface area contributed by atoms with Crippen LogP contribution in [0, 0.1) is 5.92 Å². The van der Waals surface area contributed by atoms with Gasteiger partial charge >= 0.3 is 0 Å². The maximum atomic E-state index is 12.1. The third-order valence-corrected chi connectivity index (χ3v) is 6.93. The molecule has 1 aromatic carbocycles. The van der Waals surface area contributed by atoms with Crippen molar-refractivity contribution in [3.8, 4) is 5.75 Å². The van der Waals surface area contributed by atoms with Crippen molar-refractivity contribution in [1.82, 2.24) is 15.1 Å². The van der Waals surface area contributed by atoms with Crippen molar-refractivity contribution in [2.75, 3.05) is 38.5 Å². The van der Waals surface area contributed by atoms with E-state index in [1.165, 1.54) is 22.9 Å². The minimum atomic E-state index is -0.109. The van der Waals surface area contributed by atoms with E-state index in [1.54, 1.807) is 4.90 Å². The van der Waals surface area contributed by atoms with Gasteiger partial charge in [0.25, 0.3) is 5.24 Å². The zero-order valence-electron chi connectivity index (χ0n) is 17.4. The molecule has 2 saturated heterocycles. The summed E-state index contributed by atoms with van der Waals surface area (Å²) >= 11 is 1.29. The highest BCUT2D eigenvalue weighted by Gasteiger charge is 2.32. The summed E-state index contributed by atoms with van der Waals surface area (Å²) < 4.78 is 6.21. The van der Waals surface area contributed by atoms with Crippen LogP contribution in [0.5, 0.6) is 5.75 Å². The molecule has 3 aliphatic rings. The standard InChI is InChI=1S/C22H31N3O3S/c1-22(2)12-17-4-3-5-18(20(17)28-22)14-24-8-6-16(7-9-24)13-23-19(26)15-25-10-11-29-21(25)27/h3-5,16H,6-15H2,1-2H3,(H,23,26). The number of carbonyl (C=O) groups is 2. The number of fused-ring (bicyclic) bond motifs is 1. The van der Waals surface area contributed by atoms with Crippen LogP contribution in [0.1, 0.15) is 37.8 Å². The van der Waals surface area contributed by atoms with Gasteiger partial charge in [-0.15, -0.1) is 0 Å². The summed E-state index contributed by atoms with van der Waals surface area (Å²) in [5, 5.41) is 3.05. The highest BCUT2D eigenvalue weighted by molar-refractivity contribution is 8.13. The van der Waals surface area contributed by atoms with Gasteiger partial charge in [0, 0.05) is 37.4 Å². The van der Waals surface area contributed by atoms with Crippen LogP contribution in [0.3, 0.4) is 0 Å². The summed E-state index contributed by atoms with van der Waals surface area (Å²) in [5.41, 5.74) is 2.50. The largest absolute Gasteiger partial charge is 0.487 e. The molecule has 3 aliphatic heterocycles. The third kappa shape index (κ3) is 5.07. The molecule has 0 aliphatic carbocycles. The lowest BCUT2D eigenvalue weighted by atomic mass is 9.96. The average molecular weight is 418 g/mol. The molecule has 3 heterocycles. The first-order chi connectivity index (χ1) is 13.9. The summed E-state index contributed by atoms with van der Waals surface area (Å²) in [6.45, 7) is 8.88. The maximum Gasteiger partial charge on any atom is 0.282 e. The van der Waals surface area contributed by atoms with Gasteiger partial charge in [-0.25, -0.2) is 0 Å². The highest BCUT2D eigenvalue weighted by Crippen LogP contribution is 2.38. The van der Waals surface area contributed by atoms with Gasteiger partial charge in [-0.3, -0.25) is 14.5 Å². The molecule has 4 rings (SSSR count). The Hall–Kier alpha value is -1.73. The lowest BCUT2D eigenvalue weighted by Crippen LogP contribution is -2.42. The molecule has 29 heavy (non-hydrogen) atoms. The van der Waals surface area contributed by atoms with Gasteiger partial charge in [-0.1, -0.05) is 30.0 Å². The first-order valence-corrected chi connectivity index (χ1v) is 11.6. The number of piperidine rings is 1. The second-order valence-corrected chi connectivity index (χ2v) is 10.0. The number of para-hydroxylation sites is 1. The van der Waals surface area contributed by atoms with Crippen molar-refractivity contribution in [3.05, 3.63) is 29.3 Å². The van der Waals surface area contributed by atoms with Crippen LogP contribution >= 0.6 is 11.8 Å². The number of hydrogen-bond acceptors (Lipinski definition) is 5. The smallest absolute Gasteiger partial charge is 0.282 e. The van der Waals surface area contributed by atoms with E-state index in [2.05, 4.69) is 42.3 Å². The van der Waals surface area contributed by atoms with Crippen molar-refractivity contribution in [2.45, 2.75) is 45.3 Å². The number of likely N-dealkylation sites (tertiary alicyclic amines) is 1. The first kappa shape index (κ1) is 20.5. The van der Waals surface area contributed by atoms with Crippen molar-refractivity contribution >= 4 is 22.9 Å². The van der Waals surface area contributed by atoms with Crippen LogP contribution in [0.2, 0.25) is 0 Å². The van der Waals surface area contributed by atoms with E-state index in [1.807, 2.05) is 0 Å². The van der Waals surface area contributed by atoms with E-state index < -0.39 is 0 Å². The Kier molecular flexibility index (Phi) is 6.06. The number of nitrogens with one attached hydrogen (secondary N) is 1. The summed E-state index contributed by atoms with van der Waals surface area (Å²) in [6, 6.07) is 6.51. The third-order valence-electron chi connectivity index (χ3n) is 6.04. The average Bonchev–Trinajstić information content (AvgIpc) is 3.23. The van der Waals surface area contributed by atoms with E-state index in [0.29, 0.717) is 19.0 Å². The van der Waals surface area contributed by atoms with Crippen LogP contribution in [0.25, 0.3) is 0 Å². The molecule has 1 aromatic rings. The molecule has 6 nitrogen and oxygen atoms in total. The molecule has 7 heteroatoms. The predicted octanol–water partition coefficient (Wildman–Crippen LogP) is 2.90. The molecule has 0 atom stereocenters. The molecule has 1 N–H and O–H groups in total. The normalized spacial score (nSPS) is 21.9. The molecule has 0 saturated carbocycles. The number of benzene rings is 1. The minimum Gasteiger partial charge on any atom is -0.487 e. The molecule has 0 bridgehead atoms. The maximum absolute atomic E-state index is 12.1. The highest BCUT2D eigenvalue weighted by atomic mass is 32.2. The van der Waals surface area contributed by atoms with E-state index in [4.69, 9.17) is 4.74 Å². The molecular weight excluding hydrogens is 386 g/mol. The number of amides is 2. The van der Waals surface area contributed by atoms with Crippen molar-refractivity contribution in [2.24, 2.45) is 5.92 Å². The van der Waals surface area contributed by atoms with Crippen molar-refractivity contribution in [1.29, 1.82) is 0 Å². The predicted molar refractivity (Wildman–Crippen MR) is 115 cm³/mol. The Labute approximate surface area is 177 Å². The Morgan fingerprint density at radius 1 is 1.28 bits per heavy atom. The van der Waals surface area contributed by atoms with Crippen molar-refractivity contribution in [3.63, 3.8) is 0 Å². The molecule has 2 amide bonds. The van der Waals surface area contributed by atoms with Crippen LogP contribution < -0.4 is 10.1 Å². The molecule has 0 unspecified atom stereocenters. The summed E-state index contributed by atoms with van der Waals surface area (Å²) in [7, 11) is 0. The fraction of sp³-hybridized carbons (Fsp3) is 0.636. The van der Waals surface area contributed by atoms with Gasteiger partial charge < -0.3 is 15.0 Å². The zero-order chi connectivity index (χ0) is 20.4. The SMILES string of the molecule is CC1(C)Cc2cccc(CN3CCC(CNC(=O)CN4CCSC4=O)CC3)c2O1. The lowest BCUT2D eigenvalue weighted by molar-refractivity contribution is -0.121. The van der Waals surface area contributed by atoms with Crippen LogP contribution in [-0.4, -0.2) is 65.0 Å². The van der Waals surface area contributed by atoms with E-state index in [0.717, 1.165) is 50.4 Å². The molecule has 0 spiro atoms. The van der Waals surface area contributed by atoms with E-state index >= 15 is 0 Å². The van der Waals surface area contributed by atoms with Gasteiger partial charge in [-0.05, 0) is 51.3 Å². The Morgan fingerprint density at radius 3 is 2.79 bits per heavy atom. The molecule has 158 valence electrons. The lowest BCUT2D eigenvalue weighted by Gasteiger charge is -2.32. The fourth-order valence-electron chi connectivity index (χ4n) is 4.45. The molecule has 0 aromatic heterocycles. The number of nitrogens with zero attached hydrogens (tertiary/aromatic N) is 2. The van der Waals surface area contributed by atoms with Gasteiger partial charge in [0.2, 0.25) is 5.91 Å². The van der Waals surface area contributed by atoms with Crippen LogP contribution in [0.4, 0.5) is 4.79 Å². The topological polar surface area (TPSA) is 61.9 Å². The summed E-state index contributed by atoms with van der Waals surface area (Å²) in [4.78, 5) is 27.8. The van der Waals surface area contributed by atoms with E-state index in [9.17, 15) is 9.59 Å². The monoisotopic (exact) mass is 417 g/mol. The van der Waals surface area contributed by atoms with Gasteiger partial charge in [0.15, 0.2) is 0 Å². The fourth-order valence-corrected chi connectivity index (χ4v) is 5.27. The number of ether oxygens (including phenoxy) is 1. The number of rotatable bonds is 6. The Morgan fingerprint density at radius 2 is 2.07 bits per heavy atom. The van der Waals surface area contributed by atoms with Gasteiger partial charge in [0.1, 0.15) is 17.9 Å². The second-order valence-electron chi connectivity index (χ2n) is 9.00. The van der Waals surface area contributed by atoms with Crippen LogP contribution in [-0.2, 0) is 17.8 Å². The Balaban J connectivity index is 1.21. The number of carbonyl (C=O) groups excluding carboxylic acids is 2. The number of hydrogen-bond donors (Lipinski definition) is 1. The quantitative estimate of drug-likeness (QED) is 0.771.